The molecule has 0 spiro atoms. The minimum atomic E-state index is -0.899. The minimum absolute atomic E-state index is 0.0702. The smallest absolute Gasteiger partial charge is 0.299 e. The number of nitrogens with zero attached hydrogens (tertiary/aromatic N) is 2. The SMILES string of the molecule is COc1ccc(O[N+](=O)[O-])cn1. The lowest BCUT2D eigenvalue weighted by molar-refractivity contribution is -0.711. The summed E-state index contributed by atoms with van der Waals surface area (Å²) in [6.07, 6.45) is 1.21. The van der Waals surface area contributed by atoms with E-state index in [2.05, 4.69) is 9.82 Å². The summed E-state index contributed by atoms with van der Waals surface area (Å²) in [5.74, 6) is 0.450. The third-order valence-electron chi connectivity index (χ3n) is 1.10. The van der Waals surface area contributed by atoms with Gasteiger partial charge in [0.25, 0.3) is 5.09 Å². The molecule has 0 saturated heterocycles. The molecule has 0 atom stereocenters. The third kappa shape index (κ3) is 2.08. The second kappa shape index (κ2) is 3.51. The molecule has 6 nitrogen and oxygen atoms in total. The van der Waals surface area contributed by atoms with Crippen molar-refractivity contribution < 1.29 is 14.7 Å². The zero-order valence-electron chi connectivity index (χ0n) is 6.26. The van der Waals surface area contributed by atoms with Crippen LogP contribution < -0.4 is 9.57 Å². The Morgan fingerprint density at radius 2 is 2.33 bits per heavy atom. The van der Waals surface area contributed by atoms with Crippen LogP contribution in [0.5, 0.6) is 11.6 Å². The molecule has 0 aliphatic heterocycles. The van der Waals surface area contributed by atoms with E-state index < -0.39 is 5.09 Å². The molecule has 0 amide bonds. The van der Waals surface area contributed by atoms with Gasteiger partial charge in [-0.1, -0.05) is 0 Å². The Morgan fingerprint density at radius 1 is 1.58 bits per heavy atom. The van der Waals surface area contributed by atoms with Crippen LogP contribution in [0.3, 0.4) is 0 Å². The molecule has 0 aromatic carbocycles. The molecule has 0 bridgehead atoms. The topological polar surface area (TPSA) is 74.5 Å². The number of rotatable bonds is 3. The summed E-state index contributed by atoms with van der Waals surface area (Å²) in [7, 11) is 1.45. The standard InChI is InChI=1S/C6H6N2O4/c1-11-6-3-2-5(4-7-6)12-8(9)10/h2-4H,1H3. The summed E-state index contributed by atoms with van der Waals surface area (Å²) in [6, 6.07) is 2.87. The minimum Gasteiger partial charge on any atom is -0.481 e. The van der Waals surface area contributed by atoms with Gasteiger partial charge in [0.2, 0.25) is 5.88 Å². The number of hydrogen-bond donors (Lipinski definition) is 0. The molecule has 1 heterocycles. The van der Waals surface area contributed by atoms with E-state index in [1.165, 1.54) is 25.4 Å². The van der Waals surface area contributed by atoms with E-state index in [0.717, 1.165) is 0 Å². The van der Waals surface area contributed by atoms with Gasteiger partial charge in [-0.25, -0.2) is 4.98 Å². The van der Waals surface area contributed by atoms with Gasteiger partial charge in [-0.2, -0.15) is 0 Å². The van der Waals surface area contributed by atoms with E-state index in [0.29, 0.717) is 5.88 Å². The van der Waals surface area contributed by atoms with Crippen molar-refractivity contribution in [1.29, 1.82) is 0 Å². The molecule has 1 aromatic heterocycles. The number of pyridine rings is 1. The second-order valence-electron chi connectivity index (χ2n) is 1.85. The van der Waals surface area contributed by atoms with Crippen LogP contribution in [0.2, 0.25) is 0 Å². The molecule has 1 rings (SSSR count). The van der Waals surface area contributed by atoms with Crippen LogP contribution in [-0.4, -0.2) is 17.2 Å². The van der Waals surface area contributed by atoms with Crippen molar-refractivity contribution in [1.82, 2.24) is 4.98 Å². The molecule has 64 valence electrons. The number of ether oxygens (including phenoxy) is 1. The van der Waals surface area contributed by atoms with Crippen LogP contribution in [0, 0.1) is 10.1 Å². The van der Waals surface area contributed by atoms with E-state index in [-0.39, 0.29) is 5.75 Å². The van der Waals surface area contributed by atoms with Gasteiger partial charge in [-0.15, -0.1) is 10.1 Å². The first-order valence-corrected chi connectivity index (χ1v) is 3.05. The predicted molar refractivity (Wildman–Crippen MR) is 38.4 cm³/mol. The van der Waals surface area contributed by atoms with E-state index >= 15 is 0 Å². The molecule has 0 saturated carbocycles. The Morgan fingerprint density at radius 3 is 2.75 bits per heavy atom. The summed E-state index contributed by atoms with van der Waals surface area (Å²) in [6.45, 7) is 0. The Hall–Kier alpha value is -1.85. The van der Waals surface area contributed by atoms with Gasteiger partial charge in [-0.05, 0) is 6.07 Å². The van der Waals surface area contributed by atoms with Gasteiger partial charge in [0.15, 0.2) is 0 Å². The van der Waals surface area contributed by atoms with Gasteiger partial charge >= 0.3 is 0 Å². The maximum atomic E-state index is 9.85. The quantitative estimate of drug-likeness (QED) is 0.492. The lowest BCUT2D eigenvalue weighted by Gasteiger charge is -1.98. The maximum Gasteiger partial charge on any atom is 0.299 e. The van der Waals surface area contributed by atoms with E-state index in [9.17, 15) is 10.1 Å². The van der Waals surface area contributed by atoms with Crippen LogP contribution in [0.1, 0.15) is 0 Å². The largest absolute Gasteiger partial charge is 0.481 e. The molecule has 0 unspecified atom stereocenters. The molecule has 0 N–H and O–H groups in total. The second-order valence-corrected chi connectivity index (χ2v) is 1.85. The number of aromatic nitrogens is 1. The Labute approximate surface area is 67.9 Å². The van der Waals surface area contributed by atoms with Gasteiger partial charge in [0.05, 0.1) is 13.3 Å². The van der Waals surface area contributed by atoms with Crippen LogP contribution in [0.4, 0.5) is 0 Å². The number of methoxy groups -OCH3 is 1. The first-order chi connectivity index (χ1) is 5.72. The molecular weight excluding hydrogens is 164 g/mol. The lowest BCUT2D eigenvalue weighted by atomic mass is 10.4. The fourth-order valence-corrected chi connectivity index (χ4v) is 0.628. The van der Waals surface area contributed by atoms with Crippen LogP contribution in [-0.2, 0) is 0 Å². The summed E-state index contributed by atoms with van der Waals surface area (Å²) >= 11 is 0. The summed E-state index contributed by atoms with van der Waals surface area (Å²) in [4.78, 5) is 17.7. The molecule has 0 aliphatic carbocycles. The summed E-state index contributed by atoms with van der Waals surface area (Å²) in [5.41, 5.74) is 0. The van der Waals surface area contributed by atoms with Crippen molar-refractivity contribution >= 4 is 0 Å². The third-order valence-corrected chi connectivity index (χ3v) is 1.10. The number of hydrogen-bond acceptors (Lipinski definition) is 5. The van der Waals surface area contributed by atoms with Crippen molar-refractivity contribution in [3.05, 3.63) is 28.4 Å². The van der Waals surface area contributed by atoms with Crippen molar-refractivity contribution in [3.8, 4) is 11.6 Å². The van der Waals surface area contributed by atoms with Crippen molar-refractivity contribution in [3.63, 3.8) is 0 Å². The maximum absolute atomic E-state index is 9.85. The molecule has 0 radical (unpaired) electrons. The molecule has 12 heavy (non-hydrogen) atoms. The van der Waals surface area contributed by atoms with Gasteiger partial charge in [0, 0.05) is 6.07 Å². The molecule has 1 aromatic rings. The molecular formula is C6H6N2O4. The normalized spacial score (nSPS) is 9.08. The fraction of sp³-hybridized carbons (Fsp3) is 0.167. The van der Waals surface area contributed by atoms with Gasteiger partial charge < -0.3 is 4.74 Å². The average molecular weight is 170 g/mol. The predicted octanol–water partition coefficient (Wildman–Crippen LogP) is 0.661. The van der Waals surface area contributed by atoms with Gasteiger partial charge in [0.1, 0.15) is 5.75 Å². The molecule has 0 aliphatic rings. The lowest BCUT2D eigenvalue weighted by Crippen LogP contribution is -2.03. The Balaban J connectivity index is 2.71. The molecule has 0 fully saturated rings. The van der Waals surface area contributed by atoms with Crippen molar-refractivity contribution in [2.24, 2.45) is 0 Å². The van der Waals surface area contributed by atoms with Gasteiger partial charge in [-0.3, -0.25) is 4.84 Å². The monoisotopic (exact) mass is 170 g/mol. The fourth-order valence-electron chi connectivity index (χ4n) is 0.628. The Bertz CT molecular complexity index is 271. The van der Waals surface area contributed by atoms with Crippen molar-refractivity contribution in [2.75, 3.05) is 7.11 Å². The van der Waals surface area contributed by atoms with E-state index in [4.69, 9.17) is 4.74 Å². The average Bonchev–Trinajstić information content (AvgIpc) is 2.05. The van der Waals surface area contributed by atoms with Crippen molar-refractivity contribution in [2.45, 2.75) is 0 Å². The van der Waals surface area contributed by atoms with E-state index in [1.807, 2.05) is 0 Å². The van der Waals surface area contributed by atoms with Crippen LogP contribution in [0.15, 0.2) is 18.3 Å². The first-order valence-electron chi connectivity index (χ1n) is 3.05. The highest BCUT2D eigenvalue weighted by Crippen LogP contribution is 2.12. The van der Waals surface area contributed by atoms with Crippen LogP contribution in [0.25, 0.3) is 0 Å². The highest BCUT2D eigenvalue weighted by molar-refractivity contribution is 5.21. The zero-order valence-corrected chi connectivity index (χ0v) is 6.26. The zero-order chi connectivity index (χ0) is 8.97. The first kappa shape index (κ1) is 8.25. The summed E-state index contributed by atoms with van der Waals surface area (Å²) in [5, 5.41) is 8.95. The Kier molecular flexibility index (Phi) is 2.42. The molecule has 6 heteroatoms. The van der Waals surface area contributed by atoms with E-state index in [1.54, 1.807) is 0 Å². The highest BCUT2D eigenvalue weighted by atomic mass is 17.0. The van der Waals surface area contributed by atoms with Crippen LogP contribution >= 0.6 is 0 Å². The summed E-state index contributed by atoms with van der Waals surface area (Å²) < 4.78 is 4.74. The highest BCUT2D eigenvalue weighted by Gasteiger charge is 1.99.